The van der Waals surface area contributed by atoms with Crippen LogP contribution in [-0.2, 0) is 17.6 Å². The number of carbonyl (C=O) groups is 1. The molecule has 0 radical (unpaired) electrons. The van der Waals surface area contributed by atoms with E-state index >= 15 is 0 Å². The third-order valence-electron chi connectivity index (χ3n) is 6.43. The van der Waals surface area contributed by atoms with Crippen molar-refractivity contribution in [2.24, 2.45) is 0 Å². The number of benzene rings is 2. The number of carbonyl (C=O) groups excluding carboxylic acids is 1. The highest BCUT2D eigenvalue weighted by Crippen LogP contribution is 2.35. The van der Waals surface area contributed by atoms with Gasteiger partial charge in [-0.15, -0.1) is 11.3 Å². The number of fused-ring (bicyclic) bond motifs is 3. The van der Waals surface area contributed by atoms with E-state index in [1.54, 1.807) is 27.9 Å². The fourth-order valence-corrected chi connectivity index (χ4v) is 6.93. The van der Waals surface area contributed by atoms with Crippen LogP contribution >= 0.6 is 23.1 Å². The maximum atomic E-state index is 13.9. The Morgan fingerprint density at radius 1 is 1.11 bits per heavy atom. The average Bonchev–Trinajstić information content (AvgIpc) is 3.27. The lowest BCUT2D eigenvalue weighted by atomic mass is 9.97. The first-order valence-electron chi connectivity index (χ1n) is 12.2. The molecule has 0 fully saturated rings. The summed E-state index contributed by atoms with van der Waals surface area (Å²) in [5.74, 6) is 0.863. The molecule has 8 heteroatoms. The number of aryl methyl sites for hydroxylation is 2. The summed E-state index contributed by atoms with van der Waals surface area (Å²) in [5.41, 5.74) is 2.66. The normalized spacial score (nSPS) is 13.1. The van der Waals surface area contributed by atoms with Crippen LogP contribution in [0.1, 0.15) is 37.1 Å². The molecule has 2 heterocycles. The largest absolute Gasteiger partial charge is 0.497 e. The number of aromatic nitrogens is 2. The molecule has 1 amide bonds. The van der Waals surface area contributed by atoms with Crippen LogP contribution in [-0.4, -0.2) is 34.4 Å². The van der Waals surface area contributed by atoms with Crippen LogP contribution in [0.3, 0.4) is 0 Å². The van der Waals surface area contributed by atoms with Gasteiger partial charge in [-0.05, 0) is 81.5 Å². The number of hydrogen-bond donors (Lipinski definition) is 0. The molecule has 1 aliphatic rings. The van der Waals surface area contributed by atoms with E-state index in [0.29, 0.717) is 16.6 Å². The van der Waals surface area contributed by atoms with E-state index in [1.807, 2.05) is 68.4 Å². The molecule has 4 aromatic rings. The van der Waals surface area contributed by atoms with Gasteiger partial charge < -0.3 is 9.64 Å². The van der Waals surface area contributed by atoms with Gasteiger partial charge >= 0.3 is 0 Å². The molecular formula is C28H29N3O3S2. The Kier molecular flexibility index (Phi) is 7.16. The summed E-state index contributed by atoms with van der Waals surface area (Å²) in [6, 6.07) is 17.1. The van der Waals surface area contributed by atoms with Gasteiger partial charge in [-0.25, -0.2) is 4.98 Å². The molecule has 0 spiro atoms. The first-order valence-corrected chi connectivity index (χ1v) is 14.0. The van der Waals surface area contributed by atoms with E-state index in [-0.39, 0.29) is 23.3 Å². The van der Waals surface area contributed by atoms with E-state index in [0.717, 1.165) is 47.2 Å². The molecule has 0 aliphatic heterocycles. The van der Waals surface area contributed by atoms with Crippen molar-refractivity contribution in [2.45, 2.75) is 50.7 Å². The van der Waals surface area contributed by atoms with E-state index in [4.69, 9.17) is 9.72 Å². The number of nitrogens with zero attached hydrogens (tertiary/aromatic N) is 3. The lowest BCUT2D eigenvalue weighted by Gasteiger charge is -2.27. The zero-order chi connectivity index (χ0) is 25.2. The van der Waals surface area contributed by atoms with Crippen molar-refractivity contribution in [3.8, 4) is 11.4 Å². The molecule has 5 rings (SSSR count). The highest BCUT2D eigenvalue weighted by atomic mass is 32.2. The van der Waals surface area contributed by atoms with Crippen LogP contribution < -0.4 is 15.2 Å². The summed E-state index contributed by atoms with van der Waals surface area (Å²) >= 11 is 2.94. The number of rotatable bonds is 7. The van der Waals surface area contributed by atoms with Gasteiger partial charge in [-0.1, -0.05) is 30.0 Å². The Morgan fingerprint density at radius 3 is 2.53 bits per heavy atom. The third-order valence-corrected chi connectivity index (χ3v) is 8.54. The molecule has 0 saturated carbocycles. The van der Waals surface area contributed by atoms with Gasteiger partial charge in [-0.2, -0.15) is 0 Å². The van der Waals surface area contributed by atoms with E-state index < -0.39 is 0 Å². The Morgan fingerprint density at radius 2 is 1.83 bits per heavy atom. The number of anilines is 1. The van der Waals surface area contributed by atoms with E-state index in [9.17, 15) is 9.59 Å². The van der Waals surface area contributed by atoms with Crippen molar-refractivity contribution in [1.82, 2.24) is 9.55 Å². The topological polar surface area (TPSA) is 64.4 Å². The summed E-state index contributed by atoms with van der Waals surface area (Å²) in [4.78, 5) is 36.1. The molecular weight excluding hydrogens is 490 g/mol. The summed E-state index contributed by atoms with van der Waals surface area (Å²) in [6.07, 6.45) is 4.16. The average molecular weight is 520 g/mol. The van der Waals surface area contributed by atoms with Gasteiger partial charge in [0, 0.05) is 16.6 Å². The SMILES string of the molecule is COc1ccc(-n2c(SCC(=O)N(c3ccccc3)C(C)C)nc3sc4c(c3c2=O)CCCC4)cc1. The highest BCUT2D eigenvalue weighted by molar-refractivity contribution is 7.99. The molecule has 1 aliphatic carbocycles. The minimum atomic E-state index is -0.0664. The Balaban J connectivity index is 1.56. The smallest absolute Gasteiger partial charge is 0.267 e. The summed E-state index contributed by atoms with van der Waals surface area (Å²) in [6.45, 7) is 4.01. The number of para-hydroxylation sites is 1. The Hall–Kier alpha value is -3.10. The number of hydrogen-bond acceptors (Lipinski definition) is 6. The van der Waals surface area contributed by atoms with Crippen LogP contribution in [0.15, 0.2) is 64.5 Å². The molecule has 2 aromatic heterocycles. The zero-order valence-electron chi connectivity index (χ0n) is 20.7. The molecule has 0 bridgehead atoms. The number of thioether (sulfide) groups is 1. The minimum Gasteiger partial charge on any atom is -0.497 e. The molecule has 186 valence electrons. The van der Waals surface area contributed by atoms with Gasteiger partial charge in [0.2, 0.25) is 5.91 Å². The second-order valence-corrected chi connectivity index (χ2v) is 11.1. The van der Waals surface area contributed by atoms with Crippen LogP contribution in [0.25, 0.3) is 15.9 Å². The van der Waals surface area contributed by atoms with Gasteiger partial charge in [0.25, 0.3) is 5.56 Å². The first kappa shape index (κ1) is 24.6. The van der Waals surface area contributed by atoms with Crippen molar-refractivity contribution >= 4 is 44.9 Å². The summed E-state index contributed by atoms with van der Waals surface area (Å²) < 4.78 is 6.97. The lowest BCUT2D eigenvalue weighted by molar-refractivity contribution is -0.116. The molecule has 0 saturated heterocycles. The van der Waals surface area contributed by atoms with Gasteiger partial charge in [0.1, 0.15) is 10.6 Å². The van der Waals surface area contributed by atoms with Crippen LogP contribution in [0.5, 0.6) is 5.75 Å². The predicted molar refractivity (Wildman–Crippen MR) is 148 cm³/mol. The predicted octanol–water partition coefficient (Wildman–Crippen LogP) is 5.87. The van der Waals surface area contributed by atoms with Crippen molar-refractivity contribution in [3.05, 3.63) is 75.4 Å². The Labute approximate surface area is 218 Å². The molecule has 0 unspecified atom stereocenters. The fraction of sp³-hybridized carbons (Fsp3) is 0.321. The van der Waals surface area contributed by atoms with Crippen LogP contribution in [0.4, 0.5) is 5.69 Å². The first-order chi connectivity index (χ1) is 17.5. The quantitative estimate of drug-likeness (QED) is 0.226. The maximum absolute atomic E-state index is 13.9. The zero-order valence-corrected chi connectivity index (χ0v) is 22.3. The van der Waals surface area contributed by atoms with Crippen molar-refractivity contribution < 1.29 is 9.53 Å². The lowest BCUT2D eigenvalue weighted by Crippen LogP contribution is -2.38. The minimum absolute atomic E-state index is 0.00346. The molecule has 0 N–H and O–H groups in total. The van der Waals surface area contributed by atoms with E-state index in [2.05, 4.69) is 0 Å². The standard InChI is InChI=1S/C28H29N3O3S2/c1-18(2)30(19-9-5-4-6-10-19)24(32)17-35-28-29-26-25(22-11-7-8-12-23(22)36-26)27(33)31(28)20-13-15-21(34-3)16-14-20/h4-6,9-10,13-16,18H,7-8,11-12,17H2,1-3H3. The van der Waals surface area contributed by atoms with Crippen molar-refractivity contribution in [2.75, 3.05) is 17.8 Å². The van der Waals surface area contributed by atoms with Gasteiger partial charge in [0.05, 0.1) is 23.9 Å². The summed E-state index contributed by atoms with van der Waals surface area (Å²) in [5, 5.41) is 1.26. The Bertz CT molecular complexity index is 1440. The molecule has 36 heavy (non-hydrogen) atoms. The fourth-order valence-electron chi connectivity index (χ4n) is 4.76. The second kappa shape index (κ2) is 10.5. The molecule has 2 aromatic carbocycles. The number of thiophene rings is 1. The maximum Gasteiger partial charge on any atom is 0.267 e. The monoisotopic (exact) mass is 519 g/mol. The van der Waals surface area contributed by atoms with Crippen molar-refractivity contribution in [3.63, 3.8) is 0 Å². The van der Waals surface area contributed by atoms with Crippen molar-refractivity contribution in [1.29, 1.82) is 0 Å². The second-order valence-electron chi connectivity index (χ2n) is 9.11. The third kappa shape index (κ3) is 4.67. The molecule has 6 nitrogen and oxygen atoms in total. The van der Waals surface area contributed by atoms with E-state index in [1.165, 1.54) is 16.6 Å². The highest BCUT2D eigenvalue weighted by Gasteiger charge is 2.25. The summed E-state index contributed by atoms with van der Waals surface area (Å²) in [7, 11) is 1.62. The number of amides is 1. The molecule has 0 atom stereocenters. The van der Waals surface area contributed by atoms with Gasteiger partial charge in [0.15, 0.2) is 5.16 Å². The number of methoxy groups -OCH3 is 1. The van der Waals surface area contributed by atoms with Crippen LogP contribution in [0.2, 0.25) is 0 Å². The van der Waals surface area contributed by atoms with Gasteiger partial charge in [-0.3, -0.25) is 14.2 Å². The number of ether oxygens (including phenoxy) is 1. The van der Waals surface area contributed by atoms with Crippen LogP contribution in [0, 0.1) is 0 Å².